The highest BCUT2D eigenvalue weighted by atomic mass is 16.6. The lowest BCUT2D eigenvalue weighted by atomic mass is 10.1. The minimum absolute atomic E-state index is 0.00705. The Morgan fingerprint density at radius 1 is 1.09 bits per heavy atom. The SMILES string of the molecule is O=C(NCc1ccccc1[N+](=O)[O-])c1ccnc2ccccc12. The number of amides is 1. The predicted octanol–water partition coefficient (Wildman–Crippen LogP) is 3.07. The average Bonchev–Trinajstić information content (AvgIpc) is 2.59. The zero-order valence-electron chi connectivity index (χ0n) is 12.1. The van der Waals surface area contributed by atoms with Crippen LogP contribution >= 0.6 is 0 Å². The number of nitro groups is 1. The summed E-state index contributed by atoms with van der Waals surface area (Å²) in [6.45, 7) is 0.0899. The number of hydrogen-bond acceptors (Lipinski definition) is 4. The molecule has 0 radical (unpaired) electrons. The maximum Gasteiger partial charge on any atom is 0.274 e. The number of pyridine rings is 1. The second-order valence-corrected chi connectivity index (χ2v) is 4.94. The smallest absolute Gasteiger partial charge is 0.274 e. The third-order valence-electron chi connectivity index (χ3n) is 3.52. The number of benzene rings is 2. The highest BCUT2D eigenvalue weighted by molar-refractivity contribution is 6.05. The number of carbonyl (C=O) groups excluding carboxylic acids is 1. The first-order valence-corrected chi connectivity index (χ1v) is 7.01. The van der Waals surface area contributed by atoms with Crippen LogP contribution in [0.2, 0.25) is 0 Å². The van der Waals surface area contributed by atoms with Gasteiger partial charge in [0.1, 0.15) is 0 Å². The van der Waals surface area contributed by atoms with Crippen molar-refractivity contribution in [3.8, 4) is 0 Å². The number of fused-ring (bicyclic) bond motifs is 1. The molecule has 3 aromatic rings. The molecule has 0 aliphatic heterocycles. The number of nitrogens with one attached hydrogen (secondary N) is 1. The van der Waals surface area contributed by atoms with Crippen molar-refractivity contribution in [3.63, 3.8) is 0 Å². The number of aromatic nitrogens is 1. The van der Waals surface area contributed by atoms with Gasteiger partial charge >= 0.3 is 0 Å². The van der Waals surface area contributed by atoms with E-state index in [2.05, 4.69) is 10.3 Å². The molecule has 0 saturated heterocycles. The van der Waals surface area contributed by atoms with E-state index in [0.29, 0.717) is 11.1 Å². The summed E-state index contributed by atoms with van der Waals surface area (Å²) in [6.07, 6.45) is 1.57. The molecule has 0 spiro atoms. The molecule has 114 valence electrons. The third kappa shape index (κ3) is 3.01. The van der Waals surface area contributed by atoms with Gasteiger partial charge in [0.15, 0.2) is 0 Å². The molecule has 0 unspecified atom stereocenters. The zero-order valence-corrected chi connectivity index (χ0v) is 12.1. The van der Waals surface area contributed by atoms with Gasteiger partial charge < -0.3 is 5.32 Å². The summed E-state index contributed by atoms with van der Waals surface area (Å²) in [5.41, 5.74) is 1.68. The van der Waals surface area contributed by atoms with E-state index >= 15 is 0 Å². The van der Waals surface area contributed by atoms with Crippen molar-refractivity contribution in [2.75, 3.05) is 0 Å². The van der Waals surface area contributed by atoms with Crippen LogP contribution in [-0.4, -0.2) is 15.8 Å². The number of hydrogen-bond donors (Lipinski definition) is 1. The van der Waals surface area contributed by atoms with Gasteiger partial charge in [0.2, 0.25) is 0 Å². The highest BCUT2D eigenvalue weighted by Crippen LogP contribution is 2.19. The molecule has 1 aromatic heterocycles. The number of rotatable bonds is 4. The van der Waals surface area contributed by atoms with E-state index in [1.165, 1.54) is 6.07 Å². The molecule has 1 amide bonds. The van der Waals surface area contributed by atoms with E-state index in [0.717, 1.165) is 10.9 Å². The first-order valence-electron chi connectivity index (χ1n) is 7.01. The second-order valence-electron chi connectivity index (χ2n) is 4.94. The van der Waals surface area contributed by atoms with Gasteiger partial charge in [-0.25, -0.2) is 0 Å². The van der Waals surface area contributed by atoms with Crippen molar-refractivity contribution in [3.05, 3.63) is 82.0 Å². The maximum atomic E-state index is 12.4. The van der Waals surface area contributed by atoms with Gasteiger partial charge in [-0.05, 0) is 12.1 Å². The monoisotopic (exact) mass is 307 g/mol. The van der Waals surface area contributed by atoms with Gasteiger partial charge in [0, 0.05) is 29.8 Å². The molecule has 0 aliphatic carbocycles. The van der Waals surface area contributed by atoms with Crippen LogP contribution in [0.3, 0.4) is 0 Å². The Bertz CT molecular complexity index is 888. The standard InChI is InChI=1S/C17H13N3O3/c21-17(14-9-10-18-15-7-3-2-6-13(14)15)19-11-12-5-1-4-8-16(12)20(22)23/h1-10H,11H2,(H,19,21). The molecule has 0 atom stereocenters. The fourth-order valence-electron chi connectivity index (χ4n) is 2.40. The van der Waals surface area contributed by atoms with Crippen LogP contribution in [0.1, 0.15) is 15.9 Å². The molecule has 1 heterocycles. The van der Waals surface area contributed by atoms with Crippen molar-refractivity contribution in [2.45, 2.75) is 6.54 Å². The summed E-state index contributed by atoms with van der Waals surface area (Å²) in [5, 5.41) is 14.5. The van der Waals surface area contributed by atoms with E-state index in [4.69, 9.17) is 0 Å². The van der Waals surface area contributed by atoms with Crippen molar-refractivity contribution >= 4 is 22.5 Å². The molecule has 0 aliphatic rings. The van der Waals surface area contributed by atoms with Gasteiger partial charge in [-0.1, -0.05) is 36.4 Å². The summed E-state index contributed by atoms with van der Waals surface area (Å²) >= 11 is 0. The summed E-state index contributed by atoms with van der Waals surface area (Å²) in [5.74, 6) is -0.290. The van der Waals surface area contributed by atoms with E-state index in [9.17, 15) is 14.9 Å². The summed E-state index contributed by atoms with van der Waals surface area (Å²) in [6, 6.07) is 15.3. The molecule has 0 bridgehead atoms. The first-order chi connectivity index (χ1) is 11.2. The van der Waals surface area contributed by atoms with Crippen molar-refractivity contribution < 1.29 is 9.72 Å². The fraction of sp³-hybridized carbons (Fsp3) is 0.0588. The molecule has 1 N–H and O–H groups in total. The summed E-state index contributed by atoms with van der Waals surface area (Å²) in [4.78, 5) is 27.2. The topological polar surface area (TPSA) is 85.1 Å². The Hall–Kier alpha value is -3.28. The first kappa shape index (κ1) is 14.6. The Morgan fingerprint density at radius 2 is 1.83 bits per heavy atom. The van der Waals surface area contributed by atoms with Gasteiger partial charge in [-0.2, -0.15) is 0 Å². The Labute approximate surface area is 131 Å². The number of carbonyl (C=O) groups is 1. The molecule has 6 nitrogen and oxygen atoms in total. The minimum atomic E-state index is -0.455. The minimum Gasteiger partial charge on any atom is -0.348 e. The van der Waals surface area contributed by atoms with Crippen LogP contribution in [-0.2, 0) is 6.54 Å². The van der Waals surface area contributed by atoms with Crippen LogP contribution in [0.4, 0.5) is 5.69 Å². The molecule has 0 fully saturated rings. The number of nitro benzene ring substituents is 1. The second kappa shape index (κ2) is 6.23. The average molecular weight is 307 g/mol. The molecule has 23 heavy (non-hydrogen) atoms. The molecular weight excluding hydrogens is 294 g/mol. The van der Waals surface area contributed by atoms with Crippen LogP contribution in [0, 0.1) is 10.1 Å². The van der Waals surface area contributed by atoms with E-state index in [1.807, 2.05) is 24.3 Å². The molecular formula is C17H13N3O3. The van der Waals surface area contributed by atoms with Gasteiger partial charge in [0.25, 0.3) is 11.6 Å². The molecule has 2 aromatic carbocycles. The quantitative estimate of drug-likeness (QED) is 0.593. The predicted molar refractivity (Wildman–Crippen MR) is 86.0 cm³/mol. The summed E-state index contributed by atoms with van der Waals surface area (Å²) < 4.78 is 0. The summed E-state index contributed by atoms with van der Waals surface area (Å²) in [7, 11) is 0. The number of para-hydroxylation sites is 2. The van der Waals surface area contributed by atoms with Crippen LogP contribution < -0.4 is 5.32 Å². The Morgan fingerprint density at radius 3 is 2.65 bits per heavy atom. The Kier molecular flexibility index (Phi) is 3.97. The van der Waals surface area contributed by atoms with Crippen LogP contribution in [0.15, 0.2) is 60.8 Å². The van der Waals surface area contributed by atoms with Gasteiger partial charge in [0.05, 0.1) is 16.0 Å². The Balaban J connectivity index is 1.84. The highest BCUT2D eigenvalue weighted by Gasteiger charge is 2.14. The van der Waals surface area contributed by atoms with Gasteiger partial charge in [-0.3, -0.25) is 19.9 Å². The lowest BCUT2D eigenvalue weighted by Gasteiger charge is -2.08. The lowest BCUT2D eigenvalue weighted by molar-refractivity contribution is -0.385. The van der Waals surface area contributed by atoms with Crippen LogP contribution in [0.25, 0.3) is 10.9 Å². The normalized spacial score (nSPS) is 10.4. The fourth-order valence-corrected chi connectivity index (χ4v) is 2.40. The van der Waals surface area contributed by atoms with Crippen molar-refractivity contribution in [1.82, 2.24) is 10.3 Å². The van der Waals surface area contributed by atoms with E-state index < -0.39 is 4.92 Å². The molecule has 6 heteroatoms. The van der Waals surface area contributed by atoms with Crippen molar-refractivity contribution in [2.24, 2.45) is 0 Å². The lowest BCUT2D eigenvalue weighted by Crippen LogP contribution is -2.23. The third-order valence-corrected chi connectivity index (χ3v) is 3.52. The van der Waals surface area contributed by atoms with E-state index in [1.54, 1.807) is 30.5 Å². The van der Waals surface area contributed by atoms with Crippen molar-refractivity contribution in [1.29, 1.82) is 0 Å². The van der Waals surface area contributed by atoms with Crippen LogP contribution in [0.5, 0.6) is 0 Å². The molecule has 3 rings (SSSR count). The zero-order chi connectivity index (χ0) is 16.2. The van der Waals surface area contributed by atoms with E-state index in [-0.39, 0.29) is 18.1 Å². The maximum absolute atomic E-state index is 12.4. The van der Waals surface area contributed by atoms with Gasteiger partial charge in [-0.15, -0.1) is 0 Å². The largest absolute Gasteiger partial charge is 0.348 e. The molecule has 0 saturated carbocycles. The number of nitrogens with zero attached hydrogens (tertiary/aromatic N) is 2.